The molecule has 0 fully saturated rings. The molecule has 0 spiro atoms. The average molecular weight is 268 g/mol. The fourth-order valence-electron chi connectivity index (χ4n) is 1.85. The molecule has 0 saturated heterocycles. The minimum Gasteiger partial charge on any atom is -0.492 e. The Morgan fingerprint density at radius 1 is 1.21 bits per heavy atom. The van der Waals surface area contributed by atoms with Crippen LogP contribution in [0.1, 0.15) is 19.4 Å². The van der Waals surface area contributed by atoms with Crippen molar-refractivity contribution in [2.24, 2.45) is 0 Å². The van der Waals surface area contributed by atoms with Crippen molar-refractivity contribution in [1.29, 1.82) is 0 Å². The van der Waals surface area contributed by atoms with E-state index in [2.05, 4.69) is 24.1 Å². The number of hydrogen-bond acceptors (Lipinski definition) is 3. The van der Waals surface area contributed by atoms with Crippen LogP contribution in [0.15, 0.2) is 18.2 Å². The van der Waals surface area contributed by atoms with Crippen LogP contribution in [0.3, 0.4) is 0 Å². The minimum atomic E-state index is -0.190. The number of hydrogen-bond donors (Lipinski definition) is 1. The Bertz CT molecular complexity index is 367. The van der Waals surface area contributed by atoms with Crippen LogP contribution in [0.4, 0.5) is 4.39 Å². The van der Waals surface area contributed by atoms with Crippen molar-refractivity contribution in [3.8, 4) is 5.75 Å². The van der Waals surface area contributed by atoms with Crippen LogP contribution in [0.25, 0.3) is 0 Å². The second kappa shape index (κ2) is 8.88. The van der Waals surface area contributed by atoms with E-state index >= 15 is 0 Å². The molecular formula is C15H25FN2O. The number of aryl methyl sites for hydroxylation is 1. The predicted octanol–water partition coefficient (Wildman–Crippen LogP) is 2.44. The summed E-state index contributed by atoms with van der Waals surface area (Å²) < 4.78 is 18.6. The molecule has 1 rings (SSSR count). The number of nitrogens with zero attached hydrogens (tertiary/aromatic N) is 1. The third-order valence-corrected chi connectivity index (χ3v) is 3.18. The molecule has 0 atom stereocenters. The van der Waals surface area contributed by atoms with Crippen LogP contribution in [-0.2, 0) is 0 Å². The molecule has 0 radical (unpaired) electrons. The van der Waals surface area contributed by atoms with Crippen molar-refractivity contribution in [2.75, 3.05) is 39.3 Å². The molecule has 0 aliphatic heterocycles. The number of ether oxygens (including phenoxy) is 1. The maximum absolute atomic E-state index is 13.1. The lowest BCUT2D eigenvalue weighted by Crippen LogP contribution is -2.33. The summed E-state index contributed by atoms with van der Waals surface area (Å²) >= 11 is 0. The number of likely N-dealkylation sites (N-methyl/N-ethyl adjacent to an activating group) is 1. The second-order valence-electron chi connectivity index (χ2n) is 4.54. The van der Waals surface area contributed by atoms with Crippen molar-refractivity contribution in [3.63, 3.8) is 0 Å². The van der Waals surface area contributed by atoms with E-state index in [-0.39, 0.29) is 5.82 Å². The zero-order valence-corrected chi connectivity index (χ0v) is 12.2. The highest BCUT2D eigenvalue weighted by Crippen LogP contribution is 2.15. The largest absolute Gasteiger partial charge is 0.492 e. The first-order chi connectivity index (χ1) is 9.17. The summed E-state index contributed by atoms with van der Waals surface area (Å²) in [4.78, 5) is 2.37. The van der Waals surface area contributed by atoms with Gasteiger partial charge < -0.3 is 15.0 Å². The van der Waals surface area contributed by atoms with E-state index in [1.807, 2.05) is 0 Å². The molecule has 1 N–H and O–H groups in total. The Hall–Kier alpha value is -1.13. The van der Waals surface area contributed by atoms with Gasteiger partial charge >= 0.3 is 0 Å². The number of halogens is 1. The molecule has 1 aromatic rings. The van der Waals surface area contributed by atoms with Crippen LogP contribution < -0.4 is 10.1 Å². The molecule has 4 heteroatoms. The Labute approximate surface area is 115 Å². The van der Waals surface area contributed by atoms with Gasteiger partial charge in [0.25, 0.3) is 0 Å². The van der Waals surface area contributed by atoms with E-state index in [0.29, 0.717) is 12.2 Å². The maximum atomic E-state index is 13.1. The minimum absolute atomic E-state index is 0.190. The quantitative estimate of drug-likeness (QED) is 0.696. The van der Waals surface area contributed by atoms with Gasteiger partial charge in [0, 0.05) is 19.6 Å². The highest BCUT2D eigenvalue weighted by Gasteiger charge is 2.00. The maximum Gasteiger partial charge on any atom is 0.126 e. The first kappa shape index (κ1) is 15.9. The van der Waals surface area contributed by atoms with Crippen molar-refractivity contribution in [1.82, 2.24) is 10.2 Å². The lowest BCUT2D eigenvalue weighted by Gasteiger charge is -2.18. The van der Waals surface area contributed by atoms with E-state index in [9.17, 15) is 4.39 Å². The monoisotopic (exact) mass is 268 g/mol. The zero-order chi connectivity index (χ0) is 14.1. The van der Waals surface area contributed by atoms with Gasteiger partial charge in [-0.25, -0.2) is 4.39 Å². The van der Waals surface area contributed by atoms with E-state index in [4.69, 9.17) is 4.74 Å². The van der Waals surface area contributed by atoms with E-state index in [1.54, 1.807) is 19.1 Å². The van der Waals surface area contributed by atoms with Crippen LogP contribution in [0, 0.1) is 12.7 Å². The fraction of sp³-hybridized carbons (Fsp3) is 0.600. The van der Waals surface area contributed by atoms with Crippen molar-refractivity contribution in [2.45, 2.75) is 20.8 Å². The molecule has 0 aliphatic carbocycles. The zero-order valence-electron chi connectivity index (χ0n) is 12.2. The SMILES string of the molecule is CCN(CC)CCNCCOc1ccc(F)c(C)c1. The topological polar surface area (TPSA) is 24.5 Å². The van der Waals surface area contributed by atoms with E-state index in [1.165, 1.54) is 6.07 Å². The Morgan fingerprint density at radius 2 is 1.95 bits per heavy atom. The van der Waals surface area contributed by atoms with Crippen molar-refractivity contribution >= 4 is 0 Å². The third-order valence-electron chi connectivity index (χ3n) is 3.18. The first-order valence-corrected chi connectivity index (χ1v) is 6.99. The Balaban J connectivity index is 2.12. The molecule has 0 bridgehead atoms. The van der Waals surface area contributed by atoms with Crippen molar-refractivity contribution < 1.29 is 9.13 Å². The van der Waals surface area contributed by atoms with Gasteiger partial charge in [0.1, 0.15) is 18.2 Å². The summed E-state index contributed by atoms with van der Waals surface area (Å²) in [6, 6.07) is 4.84. The molecule has 0 amide bonds. The molecule has 0 unspecified atom stereocenters. The summed E-state index contributed by atoms with van der Waals surface area (Å²) in [5.74, 6) is 0.536. The summed E-state index contributed by atoms with van der Waals surface area (Å²) in [7, 11) is 0. The Morgan fingerprint density at radius 3 is 2.58 bits per heavy atom. The van der Waals surface area contributed by atoms with Gasteiger partial charge in [-0.1, -0.05) is 13.8 Å². The van der Waals surface area contributed by atoms with Crippen molar-refractivity contribution in [3.05, 3.63) is 29.6 Å². The standard InChI is InChI=1S/C15H25FN2O/c1-4-18(5-2)10-8-17-9-11-19-14-6-7-15(16)13(3)12-14/h6-7,12,17H,4-5,8-11H2,1-3H3. The highest BCUT2D eigenvalue weighted by atomic mass is 19.1. The van der Waals surface area contributed by atoms with Gasteiger partial charge in [-0.3, -0.25) is 0 Å². The lowest BCUT2D eigenvalue weighted by molar-refractivity contribution is 0.285. The Kier molecular flexibility index (Phi) is 7.45. The summed E-state index contributed by atoms with van der Waals surface area (Å²) in [5.41, 5.74) is 0.618. The summed E-state index contributed by atoms with van der Waals surface area (Å²) in [6.07, 6.45) is 0. The van der Waals surface area contributed by atoms with Crippen LogP contribution in [0.5, 0.6) is 5.75 Å². The van der Waals surface area contributed by atoms with Gasteiger partial charge in [-0.05, 0) is 43.8 Å². The average Bonchev–Trinajstić information content (AvgIpc) is 2.42. The molecule has 1 aromatic carbocycles. The van der Waals surface area contributed by atoms with Gasteiger partial charge in [0.15, 0.2) is 0 Å². The lowest BCUT2D eigenvalue weighted by atomic mass is 10.2. The summed E-state index contributed by atoms with van der Waals surface area (Å²) in [6.45, 7) is 11.7. The molecule has 0 aliphatic rings. The third kappa shape index (κ3) is 6.03. The molecular weight excluding hydrogens is 243 g/mol. The van der Waals surface area contributed by atoms with Gasteiger partial charge in [0.05, 0.1) is 0 Å². The van der Waals surface area contributed by atoms with E-state index in [0.717, 1.165) is 38.5 Å². The van der Waals surface area contributed by atoms with Crippen LogP contribution >= 0.6 is 0 Å². The highest BCUT2D eigenvalue weighted by molar-refractivity contribution is 5.28. The van der Waals surface area contributed by atoms with Crippen LogP contribution in [0.2, 0.25) is 0 Å². The molecule has 0 heterocycles. The van der Waals surface area contributed by atoms with Gasteiger partial charge in [-0.2, -0.15) is 0 Å². The molecule has 0 saturated carbocycles. The number of rotatable bonds is 9. The fourth-order valence-corrected chi connectivity index (χ4v) is 1.85. The molecule has 108 valence electrons. The number of benzene rings is 1. The molecule has 3 nitrogen and oxygen atoms in total. The molecule has 0 aromatic heterocycles. The molecule has 19 heavy (non-hydrogen) atoms. The predicted molar refractivity (Wildman–Crippen MR) is 77.3 cm³/mol. The van der Waals surface area contributed by atoms with E-state index < -0.39 is 0 Å². The second-order valence-corrected chi connectivity index (χ2v) is 4.54. The normalized spacial score (nSPS) is 11.0. The van der Waals surface area contributed by atoms with Gasteiger partial charge in [0.2, 0.25) is 0 Å². The summed E-state index contributed by atoms with van der Waals surface area (Å²) in [5, 5.41) is 3.34. The first-order valence-electron chi connectivity index (χ1n) is 6.99. The van der Waals surface area contributed by atoms with Gasteiger partial charge in [-0.15, -0.1) is 0 Å². The van der Waals surface area contributed by atoms with Crippen LogP contribution in [-0.4, -0.2) is 44.2 Å². The smallest absolute Gasteiger partial charge is 0.126 e. The number of nitrogens with one attached hydrogen (secondary N) is 1.